The first-order valence-electron chi connectivity index (χ1n) is 7.61. The highest BCUT2D eigenvalue weighted by Crippen LogP contribution is 2.28. The number of hydrogen-bond donors (Lipinski definition) is 0. The van der Waals surface area contributed by atoms with Gasteiger partial charge in [-0.1, -0.05) is 23.2 Å². The molecule has 0 bridgehead atoms. The Balaban J connectivity index is 1.79. The molecule has 118 valence electrons. The third kappa shape index (κ3) is 1.76. The second kappa shape index (κ2) is 4.65. The summed E-state index contributed by atoms with van der Waals surface area (Å²) in [6.45, 7) is 3.55. The van der Waals surface area contributed by atoms with Gasteiger partial charge in [-0.3, -0.25) is 14.6 Å². The standard InChI is InChI=1S/C16H18N5O2/c1-10-6-4-5-7-11(10)20-8-9-21-12-13(17-15(20)21)18(2)16(23)19(3)14(12)22/h4-7,12H,8-9H2,1-3H3/q+1. The van der Waals surface area contributed by atoms with Crippen molar-refractivity contribution in [3.8, 4) is 0 Å². The summed E-state index contributed by atoms with van der Waals surface area (Å²) in [5, 5.41) is 0. The molecule has 3 amide bonds. The topological polar surface area (TPSA) is 59.2 Å². The van der Waals surface area contributed by atoms with E-state index in [1.54, 1.807) is 7.05 Å². The molecule has 1 atom stereocenters. The first-order valence-corrected chi connectivity index (χ1v) is 7.61. The minimum atomic E-state index is -0.494. The number of anilines is 1. The molecule has 3 aliphatic rings. The highest BCUT2D eigenvalue weighted by atomic mass is 16.2. The number of rotatable bonds is 1. The van der Waals surface area contributed by atoms with Crippen LogP contribution in [0.2, 0.25) is 0 Å². The van der Waals surface area contributed by atoms with Crippen LogP contribution in [0.15, 0.2) is 29.3 Å². The van der Waals surface area contributed by atoms with Crippen LogP contribution in [0.1, 0.15) is 5.56 Å². The summed E-state index contributed by atoms with van der Waals surface area (Å²) < 4.78 is 1.99. The monoisotopic (exact) mass is 312 g/mol. The minimum Gasteiger partial charge on any atom is -0.270 e. The molecular formula is C16H18N5O2+. The van der Waals surface area contributed by atoms with Gasteiger partial charge in [-0.25, -0.2) is 14.3 Å². The minimum absolute atomic E-state index is 0.214. The molecular weight excluding hydrogens is 294 g/mol. The molecule has 0 spiro atoms. The number of hydrogen-bond acceptors (Lipinski definition) is 4. The lowest BCUT2D eigenvalue weighted by Gasteiger charge is -2.31. The van der Waals surface area contributed by atoms with Crippen molar-refractivity contribution in [3.63, 3.8) is 0 Å². The van der Waals surface area contributed by atoms with Crippen LogP contribution in [-0.2, 0) is 4.79 Å². The molecule has 3 aliphatic heterocycles. The van der Waals surface area contributed by atoms with Gasteiger partial charge >= 0.3 is 12.0 Å². The van der Waals surface area contributed by atoms with Gasteiger partial charge in [-0.05, 0) is 18.6 Å². The van der Waals surface area contributed by atoms with Gasteiger partial charge < -0.3 is 0 Å². The van der Waals surface area contributed by atoms with Crippen molar-refractivity contribution in [1.82, 2.24) is 9.80 Å². The second-order valence-corrected chi connectivity index (χ2v) is 6.04. The molecule has 7 heteroatoms. The number of aryl methyl sites for hydroxylation is 1. The summed E-state index contributed by atoms with van der Waals surface area (Å²) in [6, 6.07) is 7.28. The molecule has 1 saturated heterocycles. The van der Waals surface area contributed by atoms with Gasteiger partial charge in [0, 0.05) is 14.1 Å². The van der Waals surface area contributed by atoms with Gasteiger partial charge in [0.15, 0.2) is 0 Å². The van der Waals surface area contributed by atoms with Crippen molar-refractivity contribution in [2.45, 2.75) is 13.0 Å². The molecule has 0 aromatic heterocycles. The molecule has 23 heavy (non-hydrogen) atoms. The Hall–Kier alpha value is -2.70. The van der Waals surface area contributed by atoms with Gasteiger partial charge in [-0.15, -0.1) is 0 Å². The summed E-state index contributed by atoms with van der Waals surface area (Å²) in [7, 11) is 3.18. The molecule has 1 aromatic carbocycles. The van der Waals surface area contributed by atoms with Crippen LogP contribution < -0.4 is 4.90 Å². The van der Waals surface area contributed by atoms with E-state index in [-0.39, 0.29) is 11.9 Å². The van der Waals surface area contributed by atoms with Crippen molar-refractivity contribution >= 4 is 29.4 Å². The number of carbonyl (C=O) groups excluding carboxylic acids is 2. The van der Waals surface area contributed by atoms with Crippen LogP contribution in [0.4, 0.5) is 10.5 Å². The lowest BCUT2D eigenvalue weighted by atomic mass is 10.1. The largest absolute Gasteiger partial charge is 0.397 e. The smallest absolute Gasteiger partial charge is 0.270 e. The van der Waals surface area contributed by atoms with Crippen LogP contribution in [0, 0.1) is 6.92 Å². The molecule has 1 aromatic rings. The Morgan fingerprint density at radius 2 is 1.91 bits per heavy atom. The maximum Gasteiger partial charge on any atom is 0.397 e. The molecule has 0 saturated carbocycles. The number of fused-ring (bicyclic) bond motifs is 2. The number of amides is 3. The van der Waals surface area contributed by atoms with Gasteiger partial charge in [-0.2, -0.15) is 0 Å². The quantitative estimate of drug-likeness (QED) is 0.709. The van der Waals surface area contributed by atoms with Crippen LogP contribution in [0.3, 0.4) is 0 Å². The third-order valence-electron chi connectivity index (χ3n) is 4.72. The van der Waals surface area contributed by atoms with Crippen molar-refractivity contribution < 1.29 is 14.2 Å². The Bertz CT molecular complexity index is 797. The van der Waals surface area contributed by atoms with E-state index in [4.69, 9.17) is 0 Å². The summed E-state index contributed by atoms with van der Waals surface area (Å²) in [5.41, 5.74) is 2.24. The van der Waals surface area contributed by atoms with Crippen molar-refractivity contribution in [2.75, 3.05) is 32.1 Å². The van der Waals surface area contributed by atoms with Crippen LogP contribution in [0.25, 0.3) is 0 Å². The van der Waals surface area contributed by atoms with Crippen LogP contribution in [0.5, 0.6) is 0 Å². The van der Waals surface area contributed by atoms with E-state index >= 15 is 0 Å². The maximum atomic E-state index is 12.5. The fraction of sp³-hybridized carbons (Fsp3) is 0.375. The number of nitrogens with zero attached hydrogens (tertiary/aromatic N) is 5. The number of amidine groups is 1. The number of carbonyl (C=O) groups is 2. The van der Waals surface area contributed by atoms with Gasteiger partial charge in [0.2, 0.25) is 11.9 Å². The summed E-state index contributed by atoms with van der Waals surface area (Å²) >= 11 is 0. The van der Waals surface area contributed by atoms with Crippen molar-refractivity contribution in [2.24, 2.45) is 4.99 Å². The van der Waals surface area contributed by atoms with Gasteiger partial charge in [0.1, 0.15) is 12.2 Å². The second-order valence-electron chi connectivity index (χ2n) is 6.04. The molecule has 3 heterocycles. The van der Waals surface area contributed by atoms with Crippen LogP contribution >= 0.6 is 0 Å². The van der Waals surface area contributed by atoms with Gasteiger partial charge in [0.05, 0.1) is 6.54 Å². The summed E-state index contributed by atoms with van der Waals surface area (Å²) in [6.07, 6.45) is 0. The number of guanidine groups is 1. The number of aliphatic imine (C=N–C) groups is 1. The molecule has 1 unspecified atom stereocenters. The highest BCUT2D eigenvalue weighted by molar-refractivity contribution is 6.24. The summed E-state index contributed by atoms with van der Waals surface area (Å²) in [5.74, 6) is 1.06. The van der Waals surface area contributed by atoms with Crippen molar-refractivity contribution in [1.29, 1.82) is 0 Å². The molecule has 0 radical (unpaired) electrons. The van der Waals surface area contributed by atoms with E-state index in [2.05, 4.69) is 28.9 Å². The normalized spacial score (nSPS) is 23.5. The molecule has 4 rings (SSSR count). The highest BCUT2D eigenvalue weighted by Gasteiger charge is 2.54. The fourth-order valence-corrected chi connectivity index (χ4v) is 3.43. The number of likely N-dealkylation sites (N-methyl/N-ethyl adjacent to an activating group) is 2. The van der Waals surface area contributed by atoms with Crippen molar-refractivity contribution in [3.05, 3.63) is 29.8 Å². The van der Waals surface area contributed by atoms with E-state index < -0.39 is 6.04 Å². The first-order chi connectivity index (χ1) is 11.0. The average Bonchev–Trinajstić information content (AvgIpc) is 3.10. The average molecular weight is 312 g/mol. The van der Waals surface area contributed by atoms with E-state index in [0.717, 1.165) is 23.8 Å². The lowest BCUT2D eigenvalue weighted by Crippen LogP contribution is -2.61. The van der Waals surface area contributed by atoms with E-state index in [1.807, 2.05) is 16.7 Å². The molecule has 7 nitrogen and oxygen atoms in total. The Kier molecular flexibility index (Phi) is 2.81. The third-order valence-corrected chi connectivity index (χ3v) is 4.72. The maximum absolute atomic E-state index is 12.5. The van der Waals surface area contributed by atoms with E-state index in [1.165, 1.54) is 16.8 Å². The zero-order chi connectivity index (χ0) is 16.3. The zero-order valence-electron chi connectivity index (χ0n) is 13.4. The Morgan fingerprint density at radius 1 is 1.17 bits per heavy atom. The predicted molar refractivity (Wildman–Crippen MR) is 85.8 cm³/mol. The lowest BCUT2D eigenvalue weighted by molar-refractivity contribution is -0.525. The number of para-hydroxylation sites is 1. The zero-order valence-corrected chi connectivity index (χ0v) is 13.4. The first kappa shape index (κ1) is 13.9. The Morgan fingerprint density at radius 3 is 2.65 bits per heavy atom. The predicted octanol–water partition coefficient (Wildman–Crippen LogP) is 0.488. The Labute approximate surface area is 134 Å². The molecule has 1 fully saturated rings. The number of imide groups is 1. The number of benzene rings is 1. The SMILES string of the molecule is Cc1ccccc1N1CC[N+]2=C1N=C1C2C(=O)N(C)C(=O)N1C. The summed E-state index contributed by atoms with van der Waals surface area (Å²) in [4.78, 5) is 34.0. The van der Waals surface area contributed by atoms with Gasteiger partial charge in [0.25, 0.3) is 5.91 Å². The molecule has 0 aliphatic carbocycles. The number of urea groups is 1. The van der Waals surface area contributed by atoms with E-state index in [0.29, 0.717) is 12.4 Å². The van der Waals surface area contributed by atoms with E-state index in [9.17, 15) is 9.59 Å². The fourth-order valence-electron chi connectivity index (χ4n) is 3.43. The van der Waals surface area contributed by atoms with Crippen LogP contribution in [-0.4, -0.2) is 71.3 Å². The molecule has 0 N–H and O–H groups in total.